The van der Waals surface area contributed by atoms with Crippen molar-refractivity contribution in [3.63, 3.8) is 0 Å². The summed E-state index contributed by atoms with van der Waals surface area (Å²) in [5.41, 5.74) is 0.918. The predicted octanol–water partition coefficient (Wildman–Crippen LogP) is 5.06. The fourth-order valence-electron chi connectivity index (χ4n) is 2.23. The Bertz CT molecular complexity index is 856. The summed E-state index contributed by atoms with van der Waals surface area (Å²) < 4.78 is 6.58. The number of halogens is 2. The Labute approximate surface area is 168 Å². The lowest BCUT2D eigenvalue weighted by Gasteiger charge is -2.13. The number of ether oxygens (including phenoxy) is 1. The van der Waals surface area contributed by atoms with Crippen molar-refractivity contribution in [1.82, 2.24) is 4.90 Å². The smallest absolute Gasteiger partial charge is 0.293 e. The summed E-state index contributed by atoms with van der Waals surface area (Å²) in [7, 11) is 0. The van der Waals surface area contributed by atoms with Crippen LogP contribution >= 0.6 is 46.0 Å². The number of para-hydroxylation sites is 1. The molecule has 0 spiro atoms. The molecule has 0 aliphatic carbocycles. The van der Waals surface area contributed by atoms with Crippen LogP contribution in [-0.2, 0) is 4.79 Å². The van der Waals surface area contributed by atoms with Crippen LogP contribution in [0.5, 0.6) is 5.75 Å². The van der Waals surface area contributed by atoms with Gasteiger partial charge in [0.25, 0.3) is 11.1 Å². The van der Waals surface area contributed by atoms with Crippen molar-refractivity contribution in [2.45, 2.75) is 0 Å². The summed E-state index contributed by atoms with van der Waals surface area (Å²) in [6, 6.07) is 14.8. The summed E-state index contributed by atoms with van der Waals surface area (Å²) in [5.74, 6) is 0.239. The maximum atomic E-state index is 12.5. The Kier molecular flexibility index (Phi) is 6.03. The van der Waals surface area contributed by atoms with Crippen LogP contribution in [0.4, 0.5) is 4.79 Å². The van der Waals surface area contributed by atoms with Gasteiger partial charge in [0.05, 0.1) is 16.5 Å². The lowest BCUT2D eigenvalue weighted by Crippen LogP contribution is -2.32. The van der Waals surface area contributed by atoms with Crippen molar-refractivity contribution in [1.29, 1.82) is 0 Å². The Morgan fingerprint density at radius 3 is 2.60 bits per heavy atom. The van der Waals surface area contributed by atoms with E-state index in [1.807, 2.05) is 30.3 Å². The second-order valence-electron chi connectivity index (χ2n) is 5.13. The van der Waals surface area contributed by atoms with Crippen molar-refractivity contribution >= 4 is 63.2 Å². The standard InChI is InChI=1S/C18H13ClINO3S/c19-13-6-2-4-8-15(13)24-10-9-21-17(22)16(25-18(21)23)11-12-5-1-3-7-14(12)20/h1-8,11H,9-10H2/b16-11-. The highest BCUT2D eigenvalue weighted by molar-refractivity contribution is 14.1. The van der Waals surface area contributed by atoms with Crippen molar-refractivity contribution in [2.75, 3.05) is 13.2 Å². The minimum absolute atomic E-state index is 0.180. The Hall–Kier alpha value is -1.51. The third-order valence-corrected chi connectivity index (χ3v) is 5.68. The van der Waals surface area contributed by atoms with E-state index in [4.69, 9.17) is 16.3 Å². The molecule has 1 aliphatic rings. The van der Waals surface area contributed by atoms with Gasteiger partial charge < -0.3 is 4.74 Å². The molecule has 0 saturated carbocycles. The van der Waals surface area contributed by atoms with E-state index in [1.165, 1.54) is 4.90 Å². The lowest BCUT2D eigenvalue weighted by molar-refractivity contribution is -0.123. The molecule has 2 aromatic rings. The van der Waals surface area contributed by atoms with Crippen LogP contribution in [-0.4, -0.2) is 29.2 Å². The number of benzene rings is 2. The Morgan fingerprint density at radius 2 is 1.84 bits per heavy atom. The minimum Gasteiger partial charge on any atom is -0.490 e. The van der Waals surface area contributed by atoms with Gasteiger partial charge in [-0.15, -0.1) is 0 Å². The first-order valence-corrected chi connectivity index (χ1v) is 9.71. The predicted molar refractivity (Wildman–Crippen MR) is 109 cm³/mol. The molecular formula is C18H13ClINO3S. The van der Waals surface area contributed by atoms with Gasteiger partial charge in [-0.1, -0.05) is 41.9 Å². The normalized spacial score (nSPS) is 15.9. The van der Waals surface area contributed by atoms with Crippen LogP contribution in [0, 0.1) is 3.57 Å². The van der Waals surface area contributed by atoms with Crippen LogP contribution in [0.2, 0.25) is 5.02 Å². The lowest BCUT2D eigenvalue weighted by atomic mass is 10.2. The number of hydrogen-bond donors (Lipinski definition) is 0. The highest BCUT2D eigenvalue weighted by Crippen LogP contribution is 2.33. The van der Waals surface area contributed by atoms with Crippen LogP contribution < -0.4 is 4.74 Å². The Morgan fingerprint density at radius 1 is 1.12 bits per heavy atom. The molecule has 25 heavy (non-hydrogen) atoms. The molecule has 2 amide bonds. The summed E-state index contributed by atoms with van der Waals surface area (Å²) in [5, 5.41) is 0.208. The Balaban J connectivity index is 1.66. The van der Waals surface area contributed by atoms with Gasteiger partial charge in [-0.25, -0.2) is 0 Å². The van der Waals surface area contributed by atoms with E-state index in [0.29, 0.717) is 15.7 Å². The zero-order chi connectivity index (χ0) is 17.8. The molecule has 1 heterocycles. The maximum absolute atomic E-state index is 12.5. The summed E-state index contributed by atoms with van der Waals surface area (Å²) in [4.78, 5) is 26.2. The van der Waals surface area contributed by atoms with Gasteiger partial charge in [0.1, 0.15) is 12.4 Å². The average molecular weight is 486 g/mol. The number of carbonyl (C=O) groups excluding carboxylic acids is 2. The topological polar surface area (TPSA) is 46.6 Å². The van der Waals surface area contributed by atoms with Gasteiger partial charge in [-0.3, -0.25) is 14.5 Å². The van der Waals surface area contributed by atoms with Crippen LogP contribution in [0.1, 0.15) is 5.56 Å². The largest absolute Gasteiger partial charge is 0.490 e. The fourth-order valence-corrected chi connectivity index (χ4v) is 3.82. The summed E-state index contributed by atoms with van der Waals surface area (Å²) in [6.45, 7) is 0.372. The third kappa shape index (κ3) is 4.37. The van der Waals surface area contributed by atoms with E-state index in [-0.39, 0.29) is 24.3 Å². The average Bonchev–Trinajstić information content (AvgIpc) is 2.86. The fraction of sp³-hybridized carbons (Fsp3) is 0.111. The van der Waals surface area contributed by atoms with Gasteiger partial charge in [-0.2, -0.15) is 0 Å². The van der Waals surface area contributed by atoms with Crippen LogP contribution in [0.15, 0.2) is 53.4 Å². The number of hydrogen-bond acceptors (Lipinski definition) is 4. The molecule has 0 atom stereocenters. The minimum atomic E-state index is -0.294. The molecule has 3 rings (SSSR count). The highest BCUT2D eigenvalue weighted by atomic mass is 127. The summed E-state index contributed by atoms with van der Waals surface area (Å²) >= 11 is 9.17. The molecule has 0 radical (unpaired) electrons. The number of thioether (sulfide) groups is 1. The van der Waals surface area contributed by atoms with Gasteiger partial charge in [0.15, 0.2) is 0 Å². The number of nitrogens with zero attached hydrogens (tertiary/aromatic N) is 1. The van der Waals surface area contributed by atoms with Gasteiger partial charge >= 0.3 is 0 Å². The van der Waals surface area contributed by atoms with Crippen molar-refractivity contribution in [3.05, 3.63) is 67.6 Å². The van der Waals surface area contributed by atoms with Crippen molar-refractivity contribution in [2.24, 2.45) is 0 Å². The highest BCUT2D eigenvalue weighted by Gasteiger charge is 2.34. The molecule has 0 N–H and O–H groups in total. The first kappa shape index (κ1) is 18.3. The van der Waals surface area contributed by atoms with Crippen molar-refractivity contribution in [3.8, 4) is 5.75 Å². The molecule has 1 saturated heterocycles. The van der Waals surface area contributed by atoms with Gasteiger partial charge in [-0.05, 0) is 64.2 Å². The second-order valence-corrected chi connectivity index (χ2v) is 7.70. The zero-order valence-electron chi connectivity index (χ0n) is 12.9. The van der Waals surface area contributed by atoms with E-state index < -0.39 is 0 Å². The molecule has 1 fully saturated rings. The first-order chi connectivity index (χ1) is 12.1. The van der Waals surface area contributed by atoms with Crippen molar-refractivity contribution < 1.29 is 14.3 Å². The molecule has 128 valence electrons. The SMILES string of the molecule is O=C1S/C(=C\c2ccccc2I)C(=O)N1CCOc1ccccc1Cl. The zero-order valence-corrected chi connectivity index (χ0v) is 16.7. The quantitative estimate of drug-likeness (QED) is 0.439. The monoisotopic (exact) mass is 485 g/mol. The van der Waals surface area contributed by atoms with E-state index >= 15 is 0 Å². The molecule has 0 aromatic heterocycles. The molecule has 1 aliphatic heterocycles. The van der Waals surface area contributed by atoms with Crippen LogP contribution in [0.25, 0.3) is 6.08 Å². The number of carbonyl (C=O) groups is 2. The van der Waals surface area contributed by atoms with E-state index in [0.717, 1.165) is 20.9 Å². The maximum Gasteiger partial charge on any atom is 0.293 e. The molecular weight excluding hydrogens is 473 g/mol. The first-order valence-electron chi connectivity index (χ1n) is 7.43. The molecule has 0 bridgehead atoms. The number of rotatable bonds is 5. The van der Waals surface area contributed by atoms with Gasteiger partial charge in [0, 0.05) is 3.57 Å². The molecule has 0 unspecified atom stereocenters. The third-order valence-electron chi connectivity index (χ3n) is 3.47. The molecule has 7 heteroatoms. The van der Waals surface area contributed by atoms with E-state index in [9.17, 15) is 9.59 Å². The van der Waals surface area contributed by atoms with Crippen LogP contribution in [0.3, 0.4) is 0 Å². The molecule has 4 nitrogen and oxygen atoms in total. The van der Waals surface area contributed by atoms with Gasteiger partial charge in [0.2, 0.25) is 0 Å². The second kappa shape index (κ2) is 8.25. The molecule has 2 aromatic carbocycles. The van der Waals surface area contributed by atoms with E-state index in [1.54, 1.807) is 24.3 Å². The van der Waals surface area contributed by atoms with E-state index in [2.05, 4.69) is 22.6 Å². The number of imide groups is 1. The number of amides is 2. The summed E-state index contributed by atoms with van der Waals surface area (Å²) in [6.07, 6.45) is 1.75.